The summed E-state index contributed by atoms with van der Waals surface area (Å²) in [6, 6.07) is 2.98. The fraction of sp³-hybridized carbons (Fsp3) is 0.357. The summed E-state index contributed by atoms with van der Waals surface area (Å²) in [6.07, 6.45) is 0.640. The quantitative estimate of drug-likeness (QED) is 0.418. The predicted molar refractivity (Wildman–Crippen MR) is 74.3 cm³/mol. The number of aromatic hydroxyl groups is 1. The van der Waals surface area contributed by atoms with Crippen molar-refractivity contribution in [2.24, 2.45) is 0 Å². The predicted octanol–water partition coefficient (Wildman–Crippen LogP) is 1.68. The molecular formula is C14H17NO6. The molecule has 0 unspecified atom stereocenters. The Balaban J connectivity index is 3.04. The largest absolute Gasteiger partial charge is 0.505 e. The number of anilines is 1. The van der Waals surface area contributed by atoms with Gasteiger partial charge in [-0.15, -0.1) is 0 Å². The molecular weight excluding hydrogens is 278 g/mol. The second-order valence-electron chi connectivity index (χ2n) is 4.47. The molecule has 21 heavy (non-hydrogen) atoms. The number of aliphatic carboxylic acids is 1. The summed E-state index contributed by atoms with van der Waals surface area (Å²) in [5.74, 6) is -2.12. The molecule has 7 nitrogen and oxygen atoms in total. The lowest BCUT2D eigenvalue weighted by molar-refractivity contribution is -0.137. The first-order chi connectivity index (χ1) is 9.81. The first-order valence-corrected chi connectivity index (χ1v) is 6.34. The van der Waals surface area contributed by atoms with Crippen LogP contribution in [-0.2, 0) is 20.8 Å². The first-order valence-electron chi connectivity index (χ1n) is 6.34. The van der Waals surface area contributed by atoms with Crippen LogP contribution >= 0.6 is 0 Å². The van der Waals surface area contributed by atoms with Crippen molar-refractivity contribution in [2.45, 2.75) is 33.1 Å². The smallest absolute Gasteiger partial charge is 0.308 e. The van der Waals surface area contributed by atoms with E-state index in [0.29, 0.717) is 18.4 Å². The Hall–Kier alpha value is -2.57. The maximum Gasteiger partial charge on any atom is 0.308 e. The van der Waals surface area contributed by atoms with E-state index in [0.717, 1.165) is 0 Å². The fourth-order valence-corrected chi connectivity index (χ4v) is 1.78. The van der Waals surface area contributed by atoms with Gasteiger partial charge in [-0.3, -0.25) is 14.4 Å². The van der Waals surface area contributed by atoms with Gasteiger partial charge in [0.25, 0.3) is 0 Å². The topological polar surface area (TPSA) is 113 Å². The lowest BCUT2D eigenvalue weighted by Gasteiger charge is -2.14. The van der Waals surface area contributed by atoms with Crippen LogP contribution in [0.2, 0.25) is 0 Å². The number of carboxylic acids is 1. The number of carboxylic acid groups (broad SMARTS) is 1. The van der Waals surface area contributed by atoms with Crippen LogP contribution in [0.3, 0.4) is 0 Å². The molecule has 1 amide bonds. The molecule has 0 fully saturated rings. The second-order valence-corrected chi connectivity index (χ2v) is 4.47. The van der Waals surface area contributed by atoms with Crippen LogP contribution < -0.4 is 10.1 Å². The number of hydrogen-bond acceptors (Lipinski definition) is 5. The number of phenolic OH excluding ortho intramolecular Hbond substituents is 1. The number of rotatable bonds is 6. The van der Waals surface area contributed by atoms with Crippen molar-refractivity contribution < 1.29 is 29.3 Å². The van der Waals surface area contributed by atoms with E-state index in [-0.39, 0.29) is 23.6 Å². The summed E-state index contributed by atoms with van der Waals surface area (Å²) in [5.41, 5.74) is 0.474. The molecule has 3 N–H and O–H groups in total. The monoisotopic (exact) mass is 295 g/mol. The Morgan fingerprint density at radius 1 is 1.24 bits per heavy atom. The SMILES string of the molecule is CC(=O)Nc1c(OC(C)=O)ccc(CCCC(=O)O)c1O. The van der Waals surface area contributed by atoms with Crippen LogP contribution in [0.5, 0.6) is 11.5 Å². The molecule has 0 bridgehead atoms. The van der Waals surface area contributed by atoms with E-state index in [1.807, 2.05) is 0 Å². The Morgan fingerprint density at radius 3 is 2.43 bits per heavy atom. The van der Waals surface area contributed by atoms with Gasteiger partial charge in [0.2, 0.25) is 5.91 Å². The normalized spacial score (nSPS) is 10.0. The summed E-state index contributed by atoms with van der Waals surface area (Å²) < 4.78 is 4.92. The molecule has 0 saturated carbocycles. The maximum absolute atomic E-state index is 11.2. The Bertz CT molecular complexity index is 567. The lowest BCUT2D eigenvalue weighted by atomic mass is 10.1. The Kier molecular flexibility index (Phi) is 5.71. The van der Waals surface area contributed by atoms with E-state index in [4.69, 9.17) is 9.84 Å². The van der Waals surface area contributed by atoms with Gasteiger partial charge in [0.05, 0.1) is 0 Å². The van der Waals surface area contributed by atoms with Crippen molar-refractivity contribution in [3.8, 4) is 11.5 Å². The molecule has 1 aromatic carbocycles. The van der Waals surface area contributed by atoms with Crippen molar-refractivity contribution in [3.05, 3.63) is 17.7 Å². The van der Waals surface area contributed by atoms with Crippen LogP contribution in [0.15, 0.2) is 12.1 Å². The Morgan fingerprint density at radius 2 is 1.90 bits per heavy atom. The third-order valence-electron chi connectivity index (χ3n) is 2.61. The minimum Gasteiger partial charge on any atom is -0.505 e. The van der Waals surface area contributed by atoms with E-state index in [1.165, 1.54) is 26.0 Å². The Labute approximate surface area is 121 Å². The van der Waals surface area contributed by atoms with E-state index in [1.54, 1.807) is 0 Å². The summed E-state index contributed by atoms with van der Waals surface area (Å²) in [5, 5.41) is 21.1. The molecule has 0 radical (unpaired) electrons. The molecule has 114 valence electrons. The average Bonchev–Trinajstić information content (AvgIpc) is 2.35. The minimum atomic E-state index is -0.923. The number of ether oxygens (including phenoxy) is 1. The summed E-state index contributed by atoms with van der Waals surface area (Å²) in [4.78, 5) is 32.7. The van der Waals surface area contributed by atoms with Crippen molar-refractivity contribution in [1.29, 1.82) is 0 Å². The van der Waals surface area contributed by atoms with E-state index < -0.39 is 17.8 Å². The third-order valence-corrected chi connectivity index (χ3v) is 2.61. The number of benzene rings is 1. The van der Waals surface area contributed by atoms with Crippen molar-refractivity contribution in [3.63, 3.8) is 0 Å². The molecule has 1 rings (SSSR count). The highest BCUT2D eigenvalue weighted by Gasteiger charge is 2.16. The molecule has 0 saturated heterocycles. The molecule has 7 heteroatoms. The van der Waals surface area contributed by atoms with Gasteiger partial charge in [0.15, 0.2) is 5.75 Å². The lowest BCUT2D eigenvalue weighted by Crippen LogP contribution is -2.11. The number of hydrogen-bond donors (Lipinski definition) is 3. The highest BCUT2D eigenvalue weighted by atomic mass is 16.5. The molecule has 0 atom stereocenters. The maximum atomic E-state index is 11.2. The summed E-state index contributed by atoms with van der Waals surface area (Å²) >= 11 is 0. The van der Waals surface area contributed by atoms with Crippen LogP contribution in [0.1, 0.15) is 32.3 Å². The van der Waals surface area contributed by atoms with Gasteiger partial charge < -0.3 is 20.3 Å². The minimum absolute atomic E-state index is 0.00512. The van der Waals surface area contributed by atoms with E-state index in [9.17, 15) is 19.5 Å². The van der Waals surface area contributed by atoms with E-state index in [2.05, 4.69) is 5.32 Å². The fourth-order valence-electron chi connectivity index (χ4n) is 1.78. The van der Waals surface area contributed by atoms with Gasteiger partial charge >= 0.3 is 11.9 Å². The molecule has 0 aromatic heterocycles. The number of nitrogens with one attached hydrogen (secondary N) is 1. The highest BCUT2D eigenvalue weighted by Crippen LogP contribution is 2.37. The molecule has 0 spiro atoms. The number of amides is 1. The third kappa shape index (κ3) is 5.13. The number of carbonyl (C=O) groups excluding carboxylic acids is 2. The summed E-state index contributed by atoms with van der Waals surface area (Å²) in [7, 11) is 0. The standard InChI is InChI=1S/C14H17NO6/c1-8(16)15-13-11(21-9(2)17)7-6-10(14(13)20)4-3-5-12(18)19/h6-7,20H,3-5H2,1-2H3,(H,15,16)(H,18,19). The van der Waals surface area contributed by atoms with Crippen LogP contribution in [0, 0.1) is 0 Å². The van der Waals surface area contributed by atoms with Gasteiger partial charge in [-0.05, 0) is 24.5 Å². The van der Waals surface area contributed by atoms with Gasteiger partial charge in [-0.1, -0.05) is 6.07 Å². The van der Waals surface area contributed by atoms with Gasteiger partial charge in [0, 0.05) is 20.3 Å². The molecule has 1 aromatic rings. The van der Waals surface area contributed by atoms with Crippen molar-refractivity contribution in [2.75, 3.05) is 5.32 Å². The molecule has 0 aliphatic rings. The van der Waals surface area contributed by atoms with Gasteiger partial charge in [0.1, 0.15) is 11.4 Å². The summed E-state index contributed by atoms with van der Waals surface area (Å²) in [6.45, 7) is 2.46. The second kappa shape index (κ2) is 7.28. The molecule has 0 heterocycles. The molecule has 0 aliphatic carbocycles. The van der Waals surface area contributed by atoms with Crippen molar-refractivity contribution >= 4 is 23.5 Å². The molecule has 0 aliphatic heterocycles. The number of esters is 1. The van der Waals surface area contributed by atoms with Crippen molar-refractivity contribution in [1.82, 2.24) is 0 Å². The zero-order valence-electron chi connectivity index (χ0n) is 11.8. The number of phenols is 1. The number of carbonyl (C=O) groups is 3. The highest BCUT2D eigenvalue weighted by molar-refractivity contribution is 5.93. The first kappa shape index (κ1) is 16.5. The van der Waals surface area contributed by atoms with Gasteiger partial charge in [-0.2, -0.15) is 0 Å². The zero-order chi connectivity index (χ0) is 16.0. The van der Waals surface area contributed by atoms with E-state index >= 15 is 0 Å². The number of aryl methyl sites for hydroxylation is 1. The van der Waals surface area contributed by atoms with Gasteiger partial charge in [-0.25, -0.2) is 0 Å². The zero-order valence-corrected chi connectivity index (χ0v) is 11.8. The van der Waals surface area contributed by atoms with Crippen LogP contribution in [0.25, 0.3) is 0 Å². The average molecular weight is 295 g/mol. The van der Waals surface area contributed by atoms with Crippen LogP contribution in [0.4, 0.5) is 5.69 Å². The van der Waals surface area contributed by atoms with Crippen LogP contribution in [-0.4, -0.2) is 28.1 Å².